The van der Waals surface area contributed by atoms with Crippen molar-refractivity contribution < 1.29 is 0 Å². The summed E-state index contributed by atoms with van der Waals surface area (Å²) < 4.78 is 5.67. The predicted molar refractivity (Wildman–Crippen MR) is 114 cm³/mol. The van der Waals surface area contributed by atoms with E-state index in [4.69, 9.17) is 0 Å². The van der Waals surface area contributed by atoms with Crippen molar-refractivity contribution in [1.82, 2.24) is 9.34 Å². The van der Waals surface area contributed by atoms with Gasteiger partial charge in [-0.3, -0.25) is 0 Å². The molecule has 25 heavy (non-hydrogen) atoms. The summed E-state index contributed by atoms with van der Waals surface area (Å²) in [7, 11) is 0. The van der Waals surface area contributed by atoms with Crippen molar-refractivity contribution >= 4 is 26.4 Å². The molecule has 0 atom stereocenters. The topological polar surface area (TPSA) is 6.48 Å². The Morgan fingerprint density at radius 3 is 1.60 bits per heavy atom. The Morgan fingerprint density at radius 2 is 1.12 bits per heavy atom. The van der Waals surface area contributed by atoms with Gasteiger partial charge in [0.1, 0.15) is 0 Å². The number of nitrogens with zero attached hydrogens (tertiary/aromatic N) is 2. The van der Waals surface area contributed by atoms with E-state index < -0.39 is 5.61 Å². The van der Waals surface area contributed by atoms with Crippen LogP contribution in [0.2, 0.25) is 0 Å². The van der Waals surface area contributed by atoms with Crippen LogP contribution < -0.4 is 5.30 Å². The molecule has 2 saturated heterocycles. The molecule has 2 heterocycles. The number of rotatable bonds is 5. The van der Waals surface area contributed by atoms with Crippen molar-refractivity contribution in [2.45, 2.75) is 31.8 Å². The summed E-state index contributed by atoms with van der Waals surface area (Å²) in [5, 5.41) is 1.50. The summed E-state index contributed by atoms with van der Waals surface area (Å²) in [5.74, 6) is 0. The maximum atomic E-state index is 4.57. The molecule has 0 bridgehead atoms. The van der Waals surface area contributed by atoms with Crippen LogP contribution in [-0.4, -0.2) is 35.5 Å². The Kier molecular flexibility index (Phi) is 5.03. The standard InChI is InChI=1S/C21H28BrN2P/c22-25(23-15-7-8-16-23,24-17-9-10-18-24,21-13-5-2-6-14-21)19-20-11-3-1-4-12-20/h1-6,11-14H,7-10,15-19H2. The Labute approximate surface area is 160 Å². The Hall–Kier alpha value is -0.730. The van der Waals surface area contributed by atoms with Crippen molar-refractivity contribution in [1.29, 1.82) is 0 Å². The van der Waals surface area contributed by atoms with Gasteiger partial charge < -0.3 is 0 Å². The van der Waals surface area contributed by atoms with Gasteiger partial charge >= 0.3 is 160 Å². The van der Waals surface area contributed by atoms with Crippen LogP contribution in [0.3, 0.4) is 0 Å². The summed E-state index contributed by atoms with van der Waals surface area (Å²) in [6.07, 6.45) is 6.37. The number of halogens is 1. The maximum absolute atomic E-state index is 4.57. The first kappa shape index (κ1) is 17.7. The average Bonchev–Trinajstić information content (AvgIpc) is 3.38. The third-order valence-corrected chi connectivity index (χ3v) is 15.9. The first-order valence-electron chi connectivity index (χ1n) is 9.55. The van der Waals surface area contributed by atoms with Gasteiger partial charge in [0.25, 0.3) is 0 Å². The molecule has 0 radical (unpaired) electrons. The van der Waals surface area contributed by atoms with Crippen LogP contribution in [0, 0.1) is 0 Å². The van der Waals surface area contributed by atoms with E-state index in [1.165, 1.54) is 62.7 Å². The molecule has 2 aliphatic heterocycles. The molecule has 0 spiro atoms. The predicted octanol–water partition coefficient (Wildman–Crippen LogP) is 5.40. The number of hydrogen-bond donors (Lipinski definition) is 0. The molecule has 0 aromatic heterocycles. The van der Waals surface area contributed by atoms with Gasteiger partial charge in [0, 0.05) is 0 Å². The number of benzene rings is 2. The Balaban J connectivity index is 1.90. The average molecular weight is 419 g/mol. The molecular formula is C21H28BrN2P. The van der Waals surface area contributed by atoms with Gasteiger partial charge in [0.15, 0.2) is 0 Å². The summed E-state index contributed by atoms with van der Waals surface area (Å²) in [5.41, 5.74) is -1.13. The van der Waals surface area contributed by atoms with E-state index in [0.717, 1.165) is 6.16 Å². The zero-order chi connectivity index (χ0) is 17.2. The minimum atomic E-state index is -2.58. The molecule has 2 fully saturated rings. The van der Waals surface area contributed by atoms with Crippen LogP contribution in [0.15, 0.2) is 60.7 Å². The van der Waals surface area contributed by atoms with Crippen LogP contribution in [0.25, 0.3) is 0 Å². The van der Waals surface area contributed by atoms with E-state index in [2.05, 4.69) is 85.5 Å². The molecule has 0 N–H and O–H groups in total. The van der Waals surface area contributed by atoms with Crippen molar-refractivity contribution in [2.75, 3.05) is 26.2 Å². The first-order valence-corrected chi connectivity index (χ1v) is 13.9. The summed E-state index contributed by atoms with van der Waals surface area (Å²) in [6.45, 7) is 4.84. The van der Waals surface area contributed by atoms with Crippen LogP contribution in [-0.2, 0) is 6.16 Å². The van der Waals surface area contributed by atoms with Gasteiger partial charge in [-0.25, -0.2) is 0 Å². The molecule has 4 rings (SSSR count). The van der Waals surface area contributed by atoms with E-state index in [1.807, 2.05) is 0 Å². The molecule has 134 valence electrons. The fraction of sp³-hybridized carbons (Fsp3) is 0.429. The molecule has 2 aromatic rings. The fourth-order valence-corrected chi connectivity index (χ4v) is 13.5. The van der Waals surface area contributed by atoms with E-state index in [9.17, 15) is 0 Å². The van der Waals surface area contributed by atoms with Crippen molar-refractivity contribution in [2.24, 2.45) is 0 Å². The molecule has 2 aromatic carbocycles. The molecule has 2 aliphatic rings. The second kappa shape index (κ2) is 7.12. The van der Waals surface area contributed by atoms with E-state index >= 15 is 0 Å². The molecular weight excluding hydrogens is 391 g/mol. The summed E-state index contributed by atoms with van der Waals surface area (Å²) >= 11 is 4.57. The van der Waals surface area contributed by atoms with E-state index in [0.29, 0.717) is 0 Å². The van der Waals surface area contributed by atoms with Crippen LogP contribution in [0.1, 0.15) is 31.2 Å². The minimum absolute atomic E-state index is 1.09. The zero-order valence-corrected chi connectivity index (χ0v) is 17.3. The van der Waals surface area contributed by atoms with Crippen LogP contribution in [0.4, 0.5) is 0 Å². The van der Waals surface area contributed by atoms with Crippen LogP contribution >= 0.6 is 21.1 Å². The fourth-order valence-electron chi connectivity index (χ4n) is 4.64. The van der Waals surface area contributed by atoms with Crippen molar-refractivity contribution in [3.63, 3.8) is 0 Å². The molecule has 2 nitrogen and oxygen atoms in total. The Morgan fingerprint density at radius 1 is 0.680 bits per heavy atom. The van der Waals surface area contributed by atoms with Crippen molar-refractivity contribution in [3.8, 4) is 0 Å². The summed E-state index contributed by atoms with van der Waals surface area (Å²) in [6, 6.07) is 22.4. The number of hydrogen-bond acceptors (Lipinski definition) is 2. The Bertz CT molecular complexity index is 678. The van der Waals surface area contributed by atoms with Crippen LogP contribution in [0.5, 0.6) is 0 Å². The SMILES string of the molecule is BrP(Cc1ccccc1)(c1ccccc1)(N1CCCC1)N1CCCC1. The van der Waals surface area contributed by atoms with E-state index in [1.54, 1.807) is 0 Å². The second-order valence-corrected chi connectivity index (χ2v) is 16.0. The van der Waals surface area contributed by atoms with Gasteiger partial charge in [0.2, 0.25) is 0 Å². The first-order chi connectivity index (χ1) is 12.2. The van der Waals surface area contributed by atoms with E-state index in [-0.39, 0.29) is 0 Å². The zero-order valence-electron chi connectivity index (χ0n) is 14.9. The normalized spacial score (nSPS) is 21.2. The van der Waals surface area contributed by atoms with Gasteiger partial charge in [-0.2, -0.15) is 0 Å². The van der Waals surface area contributed by atoms with Gasteiger partial charge in [-0.15, -0.1) is 0 Å². The third-order valence-electron chi connectivity index (χ3n) is 5.89. The van der Waals surface area contributed by atoms with Crippen molar-refractivity contribution in [3.05, 3.63) is 66.2 Å². The molecule has 0 aliphatic carbocycles. The molecule has 0 saturated carbocycles. The summed E-state index contributed by atoms with van der Waals surface area (Å²) in [4.78, 5) is 0. The second-order valence-electron chi connectivity index (χ2n) is 7.39. The van der Waals surface area contributed by atoms with Gasteiger partial charge in [0.05, 0.1) is 0 Å². The van der Waals surface area contributed by atoms with Gasteiger partial charge in [-0.1, -0.05) is 0 Å². The monoisotopic (exact) mass is 418 g/mol. The molecule has 0 amide bonds. The molecule has 4 heteroatoms. The molecule has 0 unspecified atom stereocenters. The quantitative estimate of drug-likeness (QED) is 0.599. The van der Waals surface area contributed by atoms with Gasteiger partial charge in [-0.05, 0) is 0 Å². The third kappa shape index (κ3) is 3.00.